The van der Waals surface area contributed by atoms with Crippen LogP contribution in [0.2, 0.25) is 0 Å². The van der Waals surface area contributed by atoms with Gasteiger partial charge in [0.25, 0.3) is 0 Å². The summed E-state index contributed by atoms with van der Waals surface area (Å²) >= 11 is 0. The molecule has 0 radical (unpaired) electrons. The molecule has 3 N–H and O–H groups in total. The first-order chi connectivity index (χ1) is 15.2. The number of carbonyl (C=O) groups is 1. The smallest absolute Gasteiger partial charge is 0.250 e. The molecule has 3 aromatic rings. The van der Waals surface area contributed by atoms with Crippen LogP contribution in [-0.2, 0) is 6.54 Å². The minimum atomic E-state index is -0.503. The van der Waals surface area contributed by atoms with Crippen LogP contribution in [0, 0.1) is 0 Å². The minimum absolute atomic E-state index is 0.360. The summed E-state index contributed by atoms with van der Waals surface area (Å²) in [5.41, 5.74) is 6.88. The van der Waals surface area contributed by atoms with Gasteiger partial charge in [0.1, 0.15) is 5.75 Å². The molecule has 1 fully saturated rings. The summed E-state index contributed by atoms with van der Waals surface area (Å²) in [6.07, 6.45) is 6.68. The lowest BCUT2D eigenvalue weighted by Crippen LogP contribution is -2.32. The van der Waals surface area contributed by atoms with Gasteiger partial charge in [0.05, 0.1) is 5.56 Å². The molecule has 0 atom stereocenters. The molecule has 0 unspecified atom stereocenters. The molecule has 4 rings (SSSR count). The Kier molecular flexibility index (Phi) is 7.12. The molecule has 0 aliphatic carbocycles. The molecule has 31 heavy (non-hydrogen) atoms. The molecule has 0 bridgehead atoms. The maximum absolute atomic E-state index is 11.2. The molecule has 162 valence electrons. The van der Waals surface area contributed by atoms with Gasteiger partial charge in [-0.1, -0.05) is 36.8 Å². The number of likely N-dealkylation sites (tertiary alicyclic amines) is 1. The van der Waals surface area contributed by atoms with Crippen molar-refractivity contribution in [2.45, 2.75) is 32.2 Å². The van der Waals surface area contributed by atoms with Crippen LogP contribution in [-0.4, -0.2) is 42.0 Å². The van der Waals surface area contributed by atoms with Crippen molar-refractivity contribution in [1.29, 1.82) is 0 Å². The first-order valence-corrected chi connectivity index (χ1v) is 11.1. The molecule has 0 spiro atoms. The average molecular weight is 419 g/mol. The summed E-state index contributed by atoms with van der Waals surface area (Å²) in [5, 5.41) is 5.80. The van der Waals surface area contributed by atoms with E-state index in [0.717, 1.165) is 29.6 Å². The first kappa shape index (κ1) is 21.3. The molecular weight excluding hydrogens is 388 g/mol. The molecule has 6 heteroatoms. The van der Waals surface area contributed by atoms with Gasteiger partial charge in [0.2, 0.25) is 11.8 Å². The number of piperidine rings is 1. The molecule has 1 aliphatic heterocycles. The van der Waals surface area contributed by atoms with Gasteiger partial charge in [-0.2, -0.15) is 0 Å². The van der Waals surface area contributed by atoms with E-state index in [0.29, 0.717) is 11.4 Å². The molecule has 1 aliphatic rings. The van der Waals surface area contributed by atoms with Crippen LogP contribution >= 0.6 is 0 Å². The van der Waals surface area contributed by atoms with E-state index < -0.39 is 5.91 Å². The third-order valence-electron chi connectivity index (χ3n) is 5.80. The van der Waals surface area contributed by atoms with Crippen LogP contribution in [0.15, 0.2) is 54.7 Å². The van der Waals surface area contributed by atoms with E-state index in [9.17, 15) is 4.79 Å². The summed E-state index contributed by atoms with van der Waals surface area (Å²) in [6, 6.07) is 15.6. The Morgan fingerprint density at radius 3 is 2.58 bits per heavy atom. The molecular formula is C25H30N4O2. The maximum Gasteiger partial charge on any atom is 0.250 e. The number of ether oxygens (including phenoxy) is 1. The highest BCUT2D eigenvalue weighted by Gasteiger charge is 2.11. The number of primary amides is 1. The fourth-order valence-electron chi connectivity index (χ4n) is 4.11. The van der Waals surface area contributed by atoms with Gasteiger partial charge in [0, 0.05) is 24.2 Å². The Balaban J connectivity index is 1.38. The molecule has 1 amide bonds. The number of nitrogens with two attached hydrogens (primary N) is 1. The van der Waals surface area contributed by atoms with Crippen LogP contribution in [0.25, 0.3) is 10.8 Å². The van der Waals surface area contributed by atoms with E-state index >= 15 is 0 Å². The number of benzene rings is 2. The van der Waals surface area contributed by atoms with Crippen molar-refractivity contribution in [1.82, 2.24) is 15.2 Å². The number of rotatable bonds is 9. The van der Waals surface area contributed by atoms with Crippen molar-refractivity contribution in [2.75, 3.05) is 26.2 Å². The molecule has 1 aromatic heterocycles. The summed E-state index contributed by atoms with van der Waals surface area (Å²) in [4.78, 5) is 18.0. The zero-order valence-corrected chi connectivity index (χ0v) is 17.8. The first-order valence-electron chi connectivity index (χ1n) is 11.1. The second-order valence-corrected chi connectivity index (χ2v) is 8.05. The largest absolute Gasteiger partial charge is 0.438 e. The Morgan fingerprint density at radius 2 is 1.84 bits per heavy atom. The van der Waals surface area contributed by atoms with Crippen molar-refractivity contribution in [3.63, 3.8) is 0 Å². The fraction of sp³-hybridized carbons (Fsp3) is 0.360. The predicted molar refractivity (Wildman–Crippen MR) is 123 cm³/mol. The van der Waals surface area contributed by atoms with Crippen LogP contribution in [0.5, 0.6) is 11.6 Å². The number of pyridine rings is 1. The highest BCUT2D eigenvalue weighted by Crippen LogP contribution is 2.31. The van der Waals surface area contributed by atoms with Gasteiger partial charge in [0.15, 0.2) is 0 Å². The van der Waals surface area contributed by atoms with Crippen molar-refractivity contribution >= 4 is 16.7 Å². The van der Waals surface area contributed by atoms with Crippen LogP contribution in [0.1, 0.15) is 41.6 Å². The van der Waals surface area contributed by atoms with E-state index in [2.05, 4.69) is 33.4 Å². The second kappa shape index (κ2) is 10.4. The van der Waals surface area contributed by atoms with Crippen molar-refractivity contribution in [3.8, 4) is 11.6 Å². The highest BCUT2D eigenvalue weighted by molar-refractivity contribution is 5.92. The number of nitrogens with zero attached hydrogens (tertiary/aromatic N) is 2. The lowest BCUT2D eigenvalue weighted by atomic mass is 10.0. The highest BCUT2D eigenvalue weighted by atomic mass is 16.5. The fourth-order valence-corrected chi connectivity index (χ4v) is 4.11. The Labute approximate surface area is 183 Å². The van der Waals surface area contributed by atoms with E-state index in [-0.39, 0.29) is 0 Å². The Bertz CT molecular complexity index is 1010. The summed E-state index contributed by atoms with van der Waals surface area (Å²) in [6.45, 7) is 5.53. The molecule has 0 saturated carbocycles. The van der Waals surface area contributed by atoms with Gasteiger partial charge < -0.3 is 20.7 Å². The Morgan fingerprint density at radius 1 is 1.03 bits per heavy atom. The minimum Gasteiger partial charge on any atom is -0.438 e. The third-order valence-corrected chi connectivity index (χ3v) is 5.80. The van der Waals surface area contributed by atoms with Crippen LogP contribution < -0.4 is 15.8 Å². The molecule has 1 saturated heterocycles. The number of aromatic nitrogens is 1. The molecule has 6 nitrogen and oxygen atoms in total. The van der Waals surface area contributed by atoms with Gasteiger partial charge in [-0.25, -0.2) is 4.98 Å². The number of nitrogens with one attached hydrogen (secondary N) is 1. The van der Waals surface area contributed by atoms with E-state index in [4.69, 9.17) is 10.5 Å². The normalized spacial score (nSPS) is 14.6. The summed E-state index contributed by atoms with van der Waals surface area (Å²) in [5.74, 6) is 0.666. The van der Waals surface area contributed by atoms with Crippen molar-refractivity contribution < 1.29 is 9.53 Å². The van der Waals surface area contributed by atoms with Crippen molar-refractivity contribution in [3.05, 3.63) is 65.9 Å². The molecule has 2 aromatic carbocycles. The zero-order chi connectivity index (χ0) is 21.5. The van der Waals surface area contributed by atoms with Gasteiger partial charge >= 0.3 is 0 Å². The number of hydrogen-bond acceptors (Lipinski definition) is 5. The second-order valence-electron chi connectivity index (χ2n) is 8.05. The number of hydrogen-bond donors (Lipinski definition) is 2. The number of amides is 1. The zero-order valence-electron chi connectivity index (χ0n) is 17.8. The predicted octanol–water partition coefficient (Wildman–Crippen LogP) is 4.09. The Hall–Kier alpha value is -2.96. The monoisotopic (exact) mass is 418 g/mol. The lowest BCUT2D eigenvalue weighted by molar-refractivity contribution is 0.1000. The average Bonchev–Trinajstić information content (AvgIpc) is 2.81. The third kappa shape index (κ3) is 5.60. The lowest BCUT2D eigenvalue weighted by Gasteiger charge is -2.26. The van der Waals surface area contributed by atoms with Gasteiger partial charge in [-0.3, -0.25) is 4.79 Å². The number of carbonyl (C=O) groups excluding carboxylic acids is 1. The van der Waals surface area contributed by atoms with Crippen LogP contribution in [0.4, 0.5) is 0 Å². The molecule has 2 heterocycles. The summed E-state index contributed by atoms with van der Waals surface area (Å²) < 4.78 is 6.00. The van der Waals surface area contributed by atoms with Crippen molar-refractivity contribution in [2.24, 2.45) is 5.73 Å². The van der Waals surface area contributed by atoms with Crippen LogP contribution in [0.3, 0.4) is 0 Å². The van der Waals surface area contributed by atoms with Gasteiger partial charge in [-0.05, 0) is 68.5 Å². The van der Waals surface area contributed by atoms with E-state index in [1.165, 1.54) is 57.1 Å². The van der Waals surface area contributed by atoms with Gasteiger partial charge in [-0.15, -0.1) is 0 Å². The van der Waals surface area contributed by atoms with E-state index in [1.54, 1.807) is 12.1 Å². The summed E-state index contributed by atoms with van der Waals surface area (Å²) in [7, 11) is 0. The standard InChI is InChI=1S/C25H30N4O2/c26-25(30)20-10-12-24(28-18-20)31-23-11-9-19(21-7-2-3-8-22(21)23)17-27-13-6-16-29-14-4-1-5-15-29/h2-3,7-12,18,27H,1,4-6,13-17H2,(H2,26,30). The van der Waals surface area contributed by atoms with E-state index in [1.807, 2.05) is 18.2 Å². The number of fused-ring (bicyclic) bond motifs is 1. The maximum atomic E-state index is 11.2. The quantitative estimate of drug-likeness (QED) is 0.512. The topological polar surface area (TPSA) is 80.5 Å². The SMILES string of the molecule is NC(=O)c1ccc(Oc2ccc(CNCCCN3CCCCC3)c3ccccc23)nc1.